The zero-order chi connectivity index (χ0) is 23.6. The topological polar surface area (TPSA) is 103 Å². The van der Waals surface area contributed by atoms with Crippen molar-refractivity contribution < 1.29 is 32.2 Å². The highest BCUT2D eigenvalue weighted by atomic mass is 19.4. The number of benzene rings is 2. The molecule has 0 radical (unpaired) electrons. The Balaban J connectivity index is 1.67. The summed E-state index contributed by atoms with van der Waals surface area (Å²) in [5.41, 5.74) is 2.46. The molecule has 0 fully saturated rings. The number of nitrogens with one attached hydrogen (secondary N) is 2. The molecule has 0 spiro atoms. The van der Waals surface area contributed by atoms with Crippen molar-refractivity contribution in [3.63, 3.8) is 0 Å². The number of halogens is 3. The maximum Gasteiger partial charge on any atom is 0.573 e. The summed E-state index contributed by atoms with van der Waals surface area (Å²) in [7, 11) is 1.57. The van der Waals surface area contributed by atoms with E-state index in [-0.39, 0.29) is 18.3 Å². The molecule has 0 aliphatic heterocycles. The lowest BCUT2D eigenvalue weighted by atomic mass is 10.2. The number of hydrogen-bond donors (Lipinski definition) is 2. The van der Waals surface area contributed by atoms with Crippen molar-refractivity contribution in [2.45, 2.75) is 19.8 Å². The zero-order valence-electron chi connectivity index (χ0n) is 17.7. The number of aromatic amines is 1. The minimum atomic E-state index is -4.79. The van der Waals surface area contributed by atoms with Crippen molar-refractivity contribution >= 4 is 39.9 Å². The van der Waals surface area contributed by atoms with Crippen LogP contribution in [-0.4, -0.2) is 52.2 Å². The molecule has 2 N–H and O–H groups in total. The number of rotatable bonds is 8. The van der Waals surface area contributed by atoms with Gasteiger partial charge in [0.2, 0.25) is 11.9 Å². The summed E-state index contributed by atoms with van der Waals surface area (Å²) in [6.45, 7) is 2.84. The number of carbonyl (C=O) groups is 1. The quantitative estimate of drug-likeness (QED) is 0.374. The normalized spacial score (nSPS) is 11.8. The van der Waals surface area contributed by atoms with Gasteiger partial charge in [0.1, 0.15) is 5.75 Å². The van der Waals surface area contributed by atoms with Crippen molar-refractivity contribution in [3.05, 3.63) is 42.0 Å². The van der Waals surface area contributed by atoms with Crippen molar-refractivity contribution in [3.8, 4) is 5.75 Å². The summed E-state index contributed by atoms with van der Waals surface area (Å²) in [6.07, 6.45) is -4.79. The smallest absolute Gasteiger partial charge is 0.462 e. The number of methoxy groups -OCH3 is 1. The molecule has 0 atom stereocenters. The highest BCUT2D eigenvalue weighted by molar-refractivity contribution is 5.94. The van der Waals surface area contributed by atoms with Crippen LogP contribution in [0.25, 0.3) is 22.1 Å². The van der Waals surface area contributed by atoms with Crippen molar-refractivity contribution in [2.24, 2.45) is 0 Å². The average molecular weight is 463 g/mol. The van der Waals surface area contributed by atoms with E-state index in [1.807, 2.05) is 4.57 Å². The van der Waals surface area contributed by atoms with E-state index in [1.54, 1.807) is 32.2 Å². The van der Waals surface area contributed by atoms with Crippen LogP contribution in [0.4, 0.5) is 25.1 Å². The molecule has 33 heavy (non-hydrogen) atoms. The van der Waals surface area contributed by atoms with Crippen LogP contribution >= 0.6 is 0 Å². The Kier molecular flexibility index (Phi) is 6.09. The van der Waals surface area contributed by atoms with Crippen LogP contribution in [0, 0.1) is 0 Å². The molecule has 9 nitrogen and oxygen atoms in total. The molecule has 0 unspecified atom stereocenters. The minimum absolute atomic E-state index is 0.258. The molecular weight excluding hydrogens is 443 g/mol. The number of anilines is 2. The second kappa shape index (κ2) is 8.98. The highest BCUT2D eigenvalue weighted by Gasteiger charge is 2.31. The van der Waals surface area contributed by atoms with E-state index < -0.39 is 12.3 Å². The number of hydrogen-bond acceptors (Lipinski definition) is 7. The first kappa shape index (κ1) is 22.4. The Bertz CT molecular complexity index is 1300. The Hall–Kier alpha value is -3.80. The monoisotopic (exact) mass is 463 g/mol. The van der Waals surface area contributed by atoms with Crippen molar-refractivity contribution in [1.29, 1.82) is 0 Å². The number of fused-ring (bicyclic) bond motifs is 2. The molecule has 2 aromatic heterocycles. The van der Waals surface area contributed by atoms with Gasteiger partial charge in [-0.05, 0) is 37.3 Å². The SMILES string of the molecule is CCOC(=O)c1ccc2c(c1)nc(Nc1nc3ccc(OC(F)(F)F)cc3[nH]1)n2CCOC. The van der Waals surface area contributed by atoms with Crippen molar-refractivity contribution in [2.75, 3.05) is 25.6 Å². The fourth-order valence-electron chi connectivity index (χ4n) is 3.33. The molecule has 0 aliphatic rings. The van der Waals surface area contributed by atoms with E-state index in [0.717, 1.165) is 5.52 Å². The van der Waals surface area contributed by atoms with Gasteiger partial charge in [-0.3, -0.25) is 5.32 Å². The predicted octanol–water partition coefficient (Wildman–Crippen LogP) is 4.38. The third-order valence-corrected chi connectivity index (χ3v) is 4.70. The second-order valence-electron chi connectivity index (χ2n) is 6.94. The van der Waals surface area contributed by atoms with E-state index in [1.165, 1.54) is 18.2 Å². The number of esters is 1. The van der Waals surface area contributed by atoms with Gasteiger partial charge in [-0.1, -0.05) is 0 Å². The molecule has 4 rings (SSSR count). The van der Waals surface area contributed by atoms with Gasteiger partial charge >= 0.3 is 12.3 Å². The van der Waals surface area contributed by atoms with Crippen LogP contribution in [0.3, 0.4) is 0 Å². The second-order valence-corrected chi connectivity index (χ2v) is 6.94. The number of ether oxygens (including phenoxy) is 3. The minimum Gasteiger partial charge on any atom is -0.462 e. The Morgan fingerprint density at radius 1 is 1.15 bits per heavy atom. The molecule has 4 aromatic rings. The standard InChI is InChI=1S/C21H20F3N5O4/c1-3-32-18(30)12-4-7-17-16(10-12)27-20(29(17)8-9-31-2)28-19-25-14-6-5-13(11-15(14)26-19)33-21(22,23)24/h4-7,10-11H,3,8-9H2,1-2H3,(H2,25,26,27,28). The summed E-state index contributed by atoms with van der Waals surface area (Å²) in [6, 6.07) is 8.85. The van der Waals surface area contributed by atoms with Crippen molar-refractivity contribution in [1.82, 2.24) is 19.5 Å². The van der Waals surface area contributed by atoms with Gasteiger partial charge in [-0.15, -0.1) is 13.2 Å². The number of alkyl halides is 3. The first-order valence-corrected chi connectivity index (χ1v) is 9.96. The lowest BCUT2D eigenvalue weighted by molar-refractivity contribution is -0.274. The Morgan fingerprint density at radius 3 is 2.70 bits per heavy atom. The maximum absolute atomic E-state index is 12.5. The molecule has 174 valence electrons. The van der Waals surface area contributed by atoms with E-state index >= 15 is 0 Å². The van der Waals surface area contributed by atoms with Crippen LogP contribution in [0.2, 0.25) is 0 Å². The molecule has 2 heterocycles. The average Bonchev–Trinajstić information content (AvgIpc) is 3.30. The van der Waals surface area contributed by atoms with Gasteiger partial charge in [0, 0.05) is 19.7 Å². The first-order chi connectivity index (χ1) is 15.8. The molecule has 12 heteroatoms. The van der Waals surface area contributed by atoms with E-state index in [9.17, 15) is 18.0 Å². The van der Waals surface area contributed by atoms with Gasteiger partial charge in [-0.2, -0.15) is 0 Å². The van der Waals surface area contributed by atoms with E-state index in [4.69, 9.17) is 9.47 Å². The third kappa shape index (κ3) is 5.00. The van der Waals surface area contributed by atoms with Crippen LogP contribution in [-0.2, 0) is 16.0 Å². The molecule has 0 saturated heterocycles. The largest absolute Gasteiger partial charge is 0.573 e. The van der Waals surface area contributed by atoms with Gasteiger partial charge in [0.15, 0.2) is 0 Å². The van der Waals surface area contributed by atoms with Crippen LogP contribution in [0.5, 0.6) is 5.75 Å². The molecule has 0 aliphatic carbocycles. The van der Waals surface area contributed by atoms with Crippen LogP contribution < -0.4 is 10.1 Å². The lowest BCUT2D eigenvalue weighted by Crippen LogP contribution is -2.16. The third-order valence-electron chi connectivity index (χ3n) is 4.70. The summed E-state index contributed by atoms with van der Waals surface area (Å²) >= 11 is 0. The van der Waals surface area contributed by atoms with Gasteiger partial charge < -0.3 is 23.8 Å². The fourth-order valence-corrected chi connectivity index (χ4v) is 3.33. The molecule has 0 bridgehead atoms. The van der Waals surface area contributed by atoms with E-state index in [2.05, 4.69) is 25.0 Å². The molecule has 0 saturated carbocycles. The molecule has 0 amide bonds. The lowest BCUT2D eigenvalue weighted by Gasteiger charge is -2.09. The predicted molar refractivity (Wildman–Crippen MR) is 114 cm³/mol. The van der Waals surface area contributed by atoms with E-state index in [0.29, 0.717) is 41.2 Å². The zero-order valence-corrected chi connectivity index (χ0v) is 17.7. The maximum atomic E-state index is 12.5. The Morgan fingerprint density at radius 2 is 1.97 bits per heavy atom. The number of imidazole rings is 2. The number of nitrogens with zero attached hydrogens (tertiary/aromatic N) is 3. The van der Waals surface area contributed by atoms with Crippen LogP contribution in [0.1, 0.15) is 17.3 Å². The number of carbonyl (C=O) groups excluding carboxylic acids is 1. The molecule has 2 aromatic carbocycles. The Labute approximate surface area is 185 Å². The first-order valence-electron chi connectivity index (χ1n) is 9.96. The molecular formula is C21H20F3N5O4. The number of aromatic nitrogens is 4. The summed E-state index contributed by atoms with van der Waals surface area (Å²) in [5.74, 6) is -0.124. The number of H-pyrrole nitrogens is 1. The van der Waals surface area contributed by atoms with Gasteiger partial charge in [-0.25, -0.2) is 14.8 Å². The van der Waals surface area contributed by atoms with Gasteiger partial charge in [0.25, 0.3) is 0 Å². The summed E-state index contributed by atoms with van der Waals surface area (Å²) < 4.78 is 53.5. The fraction of sp³-hybridized carbons (Fsp3) is 0.286. The van der Waals surface area contributed by atoms with Gasteiger partial charge in [0.05, 0.1) is 40.8 Å². The summed E-state index contributed by atoms with van der Waals surface area (Å²) in [4.78, 5) is 23.9. The highest BCUT2D eigenvalue weighted by Crippen LogP contribution is 2.28. The van der Waals surface area contributed by atoms with Crippen LogP contribution in [0.15, 0.2) is 36.4 Å². The summed E-state index contributed by atoms with van der Waals surface area (Å²) in [5, 5.41) is 3.05.